The summed E-state index contributed by atoms with van der Waals surface area (Å²) in [6.45, 7) is 3.21. The Hall–Kier alpha value is -1.12. The molecule has 7 nitrogen and oxygen atoms in total. The molecule has 2 N–H and O–H groups in total. The summed E-state index contributed by atoms with van der Waals surface area (Å²) in [6.07, 6.45) is 1.31. The van der Waals surface area contributed by atoms with Crippen molar-refractivity contribution in [3.63, 3.8) is 0 Å². The minimum atomic E-state index is -3.84. The number of aromatic nitrogens is 2. The van der Waals surface area contributed by atoms with E-state index in [9.17, 15) is 13.2 Å². The van der Waals surface area contributed by atoms with Crippen LogP contribution in [-0.4, -0.2) is 37.5 Å². The van der Waals surface area contributed by atoms with Crippen LogP contribution < -0.4 is 10.0 Å². The first-order chi connectivity index (χ1) is 8.62. The molecule has 1 rings (SSSR count). The third-order valence-corrected chi connectivity index (χ3v) is 4.52. The average molecular weight is 309 g/mol. The molecule has 1 amide bonds. The SMILES string of the molecule is CNC(=O)C(C)(C)CNS(=O)(=O)c1ncn(C)c1Cl. The van der Waals surface area contributed by atoms with Crippen LogP contribution in [0.3, 0.4) is 0 Å². The largest absolute Gasteiger partial charge is 0.359 e. The highest BCUT2D eigenvalue weighted by Crippen LogP contribution is 2.20. The van der Waals surface area contributed by atoms with Gasteiger partial charge in [0.25, 0.3) is 10.0 Å². The van der Waals surface area contributed by atoms with Gasteiger partial charge in [-0.15, -0.1) is 0 Å². The van der Waals surface area contributed by atoms with E-state index in [-0.39, 0.29) is 22.6 Å². The summed E-state index contributed by atoms with van der Waals surface area (Å²) in [6, 6.07) is 0. The highest BCUT2D eigenvalue weighted by atomic mass is 35.5. The topological polar surface area (TPSA) is 93.1 Å². The van der Waals surface area contributed by atoms with Crippen LogP contribution in [0.15, 0.2) is 11.4 Å². The zero-order valence-electron chi connectivity index (χ0n) is 11.2. The van der Waals surface area contributed by atoms with Gasteiger partial charge in [0.2, 0.25) is 10.9 Å². The standard InChI is InChI=1S/C10H17ClN4O3S/c1-10(2,9(16)12-3)5-14-19(17,18)8-7(11)15(4)6-13-8/h6,14H,5H2,1-4H3,(H,12,16). The van der Waals surface area contributed by atoms with Crippen molar-refractivity contribution in [1.29, 1.82) is 0 Å². The Morgan fingerprint density at radius 1 is 1.53 bits per heavy atom. The Morgan fingerprint density at radius 3 is 2.53 bits per heavy atom. The zero-order valence-corrected chi connectivity index (χ0v) is 12.8. The number of amides is 1. The molecule has 0 aliphatic heterocycles. The summed E-state index contributed by atoms with van der Waals surface area (Å²) in [5, 5.41) is 2.25. The third-order valence-electron chi connectivity index (χ3n) is 2.63. The number of halogens is 1. The van der Waals surface area contributed by atoms with Crippen LogP contribution in [0.1, 0.15) is 13.8 Å². The van der Waals surface area contributed by atoms with Crippen molar-refractivity contribution >= 4 is 27.5 Å². The number of sulfonamides is 1. The molecule has 1 heterocycles. The van der Waals surface area contributed by atoms with Crippen LogP contribution in [0, 0.1) is 5.41 Å². The Bertz CT molecular complexity index is 580. The first-order valence-electron chi connectivity index (χ1n) is 5.50. The molecule has 0 aliphatic rings. The lowest BCUT2D eigenvalue weighted by Gasteiger charge is -2.22. The first-order valence-corrected chi connectivity index (χ1v) is 7.36. The number of hydrogen-bond acceptors (Lipinski definition) is 4. The van der Waals surface area contributed by atoms with E-state index in [4.69, 9.17) is 11.6 Å². The second-order valence-electron chi connectivity index (χ2n) is 4.74. The van der Waals surface area contributed by atoms with Gasteiger partial charge in [-0.1, -0.05) is 11.6 Å². The van der Waals surface area contributed by atoms with Gasteiger partial charge in [0, 0.05) is 20.6 Å². The molecule has 19 heavy (non-hydrogen) atoms. The zero-order chi connectivity index (χ0) is 14.8. The summed E-state index contributed by atoms with van der Waals surface area (Å²) < 4.78 is 27.8. The van der Waals surface area contributed by atoms with Crippen molar-refractivity contribution in [1.82, 2.24) is 19.6 Å². The van der Waals surface area contributed by atoms with Gasteiger partial charge in [-0.25, -0.2) is 18.1 Å². The Balaban J connectivity index is 2.88. The number of imidazole rings is 1. The van der Waals surface area contributed by atoms with Gasteiger partial charge < -0.3 is 9.88 Å². The van der Waals surface area contributed by atoms with E-state index in [1.807, 2.05) is 0 Å². The highest BCUT2D eigenvalue weighted by molar-refractivity contribution is 7.89. The van der Waals surface area contributed by atoms with Gasteiger partial charge in [0.05, 0.1) is 11.7 Å². The second-order valence-corrected chi connectivity index (χ2v) is 6.78. The second kappa shape index (κ2) is 5.48. The van der Waals surface area contributed by atoms with Crippen molar-refractivity contribution in [2.75, 3.05) is 13.6 Å². The van der Waals surface area contributed by atoms with Crippen molar-refractivity contribution in [3.8, 4) is 0 Å². The van der Waals surface area contributed by atoms with Crippen LogP contribution in [0.5, 0.6) is 0 Å². The van der Waals surface area contributed by atoms with Crippen LogP contribution >= 0.6 is 11.6 Å². The molecule has 0 unspecified atom stereocenters. The number of nitrogens with one attached hydrogen (secondary N) is 2. The van der Waals surface area contributed by atoms with Crippen LogP contribution in [0.4, 0.5) is 0 Å². The molecule has 1 aromatic rings. The van der Waals surface area contributed by atoms with Crippen LogP contribution in [0.2, 0.25) is 5.15 Å². The van der Waals surface area contributed by atoms with E-state index < -0.39 is 15.4 Å². The van der Waals surface area contributed by atoms with Gasteiger partial charge in [0.15, 0.2) is 0 Å². The van der Waals surface area contributed by atoms with E-state index in [0.29, 0.717) is 0 Å². The Kier molecular flexibility index (Phi) is 4.59. The predicted octanol–water partition coefficient (Wildman–Crippen LogP) is 0.124. The van der Waals surface area contributed by atoms with Gasteiger partial charge in [-0.05, 0) is 13.8 Å². The molecule has 9 heteroatoms. The van der Waals surface area contributed by atoms with Crippen molar-refractivity contribution < 1.29 is 13.2 Å². The number of nitrogens with zero attached hydrogens (tertiary/aromatic N) is 2. The van der Waals surface area contributed by atoms with Crippen molar-refractivity contribution in [3.05, 3.63) is 11.5 Å². The van der Waals surface area contributed by atoms with Gasteiger partial charge in [-0.2, -0.15) is 0 Å². The smallest absolute Gasteiger partial charge is 0.261 e. The summed E-state index contributed by atoms with van der Waals surface area (Å²) in [5.74, 6) is -0.262. The number of carbonyl (C=O) groups is 1. The molecule has 0 fully saturated rings. The molecular formula is C10H17ClN4O3S. The molecule has 1 aromatic heterocycles. The highest BCUT2D eigenvalue weighted by Gasteiger charge is 2.30. The number of rotatable bonds is 5. The van der Waals surface area contributed by atoms with E-state index in [1.54, 1.807) is 20.9 Å². The molecule has 0 aromatic carbocycles. The summed E-state index contributed by atoms with van der Waals surface area (Å²) in [5.41, 5.74) is -0.872. The van der Waals surface area contributed by atoms with Crippen LogP contribution in [0.25, 0.3) is 0 Å². The monoisotopic (exact) mass is 308 g/mol. The van der Waals surface area contributed by atoms with E-state index >= 15 is 0 Å². The fourth-order valence-electron chi connectivity index (χ4n) is 1.34. The average Bonchev–Trinajstić information content (AvgIpc) is 2.67. The molecule has 0 saturated heterocycles. The molecule has 0 bridgehead atoms. The van der Waals surface area contributed by atoms with E-state index in [2.05, 4.69) is 15.0 Å². The molecule has 0 atom stereocenters. The lowest BCUT2D eigenvalue weighted by Crippen LogP contribution is -2.43. The van der Waals surface area contributed by atoms with E-state index in [1.165, 1.54) is 17.9 Å². The quantitative estimate of drug-likeness (QED) is 0.808. The number of carbonyl (C=O) groups excluding carboxylic acids is 1. The first kappa shape index (κ1) is 15.9. The maximum Gasteiger partial charge on any atom is 0.261 e. The maximum absolute atomic E-state index is 12.0. The molecular weight excluding hydrogens is 292 g/mol. The van der Waals surface area contributed by atoms with Crippen molar-refractivity contribution in [2.45, 2.75) is 18.9 Å². The van der Waals surface area contributed by atoms with Crippen molar-refractivity contribution in [2.24, 2.45) is 12.5 Å². The molecule has 0 spiro atoms. The maximum atomic E-state index is 12.0. The number of hydrogen-bond donors (Lipinski definition) is 2. The fourth-order valence-corrected chi connectivity index (χ4v) is 2.97. The van der Waals surface area contributed by atoms with Crippen LogP contribution in [-0.2, 0) is 21.9 Å². The Labute approximate surface area is 117 Å². The molecule has 0 radical (unpaired) electrons. The van der Waals surface area contributed by atoms with E-state index in [0.717, 1.165) is 0 Å². The number of aryl methyl sites for hydroxylation is 1. The minimum Gasteiger partial charge on any atom is -0.359 e. The lowest BCUT2D eigenvalue weighted by atomic mass is 9.93. The minimum absolute atomic E-state index is 0.0187. The fraction of sp³-hybridized carbons (Fsp3) is 0.600. The summed E-state index contributed by atoms with van der Waals surface area (Å²) in [4.78, 5) is 15.3. The predicted molar refractivity (Wildman–Crippen MR) is 71.3 cm³/mol. The normalized spacial score (nSPS) is 12.5. The third kappa shape index (κ3) is 3.46. The molecule has 108 valence electrons. The van der Waals surface area contributed by atoms with Gasteiger partial charge in [-0.3, -0.25) is 4.79 Å². The lowest BCUT2D eigenvalue weighted by molar-refractivity contribution is -0.128. The Morgan fingerprint density at radius 2 is 2.11 bits per heavy atom. The van der Waals surface area contributed by atoms with Gasteiger partial charge >= 0.3 is 0 Å². The molecule has 0 aliphatic carbocycles. The van der Waals surface area contributed by atoms with Gasteiger partial charge in [0.1, 0.15) is 5.15 Å². The molecule has 0 saturated carbocycles. The summed E-state index contributed by atoms with van der Waals surface area (Å²) in [7, 11) is -0.759. The summed E-state index contributed by atoms with van der Waals surface area (Å²) >= 11 is 5.84.